The number of benzene rings is 1. The molecule has 1 atom stereocenters. The normalized spacial score (nSPS) is 9.67. The summed E-state index contributed by atoms with van der Waals surface area (Å²) in [6.45, 7) is 21.9. The van der Waals surface area contributed by atoms with Gasteiger partial charge in [0.05, 0.1) is 23.5 Å². The SMILES string of the molecule is C#CC.C=C(N)C(=C(C)C)C(c1ccc(C#N)cc1C)c1cc(N)cnc1C.CC.CCC. The minimum atomic E-state index is -0.133. The van der Waals surface area contributed by atoms with E-state index in [-0.39, 0.29) is 5.92 Å². The largest absolute Gasteiger partial charge is 0.399 e. The molecule has 0 aliphatic carbocycles. The number of nitrogens with two attached hydrogens (primary N) is 2. The molecule has 33 heavy (non-hydrogen) atoms. The van der Waals surface area contributed by atoms with E-state index in [0.29, 0.717) is 16.9 Å². The summed E-state index contributed by atoms with van der Waals surface area (Å²) in [5, 5.41) is 9.15. The number of allylic oxidation sites excluding steroid dienone is 2. The van der Waals surface area contributed by atoms with Gasteiger partial charge >= 0.3 is 0 Å². The van der Waals surface area contributed by atoms with Gasteiger partial charge in [-0.3, -0.25) is 4.98 Å². The van der Waals surface area contributed by atoms with Crippen LogP contribution in [0.1, 0.15) is 88.8 Å². The van der Waals surface area contributed by atoms with Gasteiger partial charge in [-0.1, -0.05) is 52.3 Å². The lowest BCUT2D eigenvalue weighted by Crippen LogP contribution is -2.15. The number of aromatic nitrogens is 1. The lowest BCUT2D eigenvalue weighted by Gasteiger charge is -2.26. The van der Waals surface area contributed by atoms with Crippen molar-refractivity contribution in [3.8, 4) is 18.4 Å². The molecule has 2 rings (SSSR count). The van der Waals surface area contributed by atoms with Crippen LogP contribution in [0.3, 0.4) is 0 Å². The van der Waals surface area contributed by atoms with E-state index < -0.39 is 0 Å². The van der Waals surface area contributed by atoms with Crippen molar-refractivity contribution in [1.29, 1.82) is 5.26 Å². The molecule has 0 bridgehead atoms. The second-order valence-corrected chi connectivity index (χ2v) is 7.49. The van der Waals surface area contributed by atoms with Gasteiger partial charge in [0.25, 0.3) is 0 Å². The number of nitrogen functional groups attached to an aromatic ring is 1. The summed E-state index contributed by atoms with van der Waals surface area (Å²) in [7, 11) is 0. The fourth-order valence-electron chi connectivity index (χ4n) is 3.20. The predicted octanol–water partition coefficient (Wildman–Crippen LogP) is 7.18. The lowest BCUT2D eigenvalue weighted by molar-refractivity contribution is 0.892. The number of pyridine rings is 1. The molecule has 0 fully saturated rings. The highest BCUT2D eigenvalue weighted by Gasteiger charge is 2.25. The van der Waals surface area contributed by atoms with Crippen molar-refractivity contribution in [3.63, 3.8) is 0 Å². The monoisotopic (exact) mass is 446 g/mol. The molecule has 0 aliphatic rings. The Morgan fingerprint density at radius 3 is 2.06 bits per heavy atom. The zero-order valence-electron chi connectivity index (χ0n) is 22.0. The molecular formula is C29H42N4. The highest BCUT2D eigenvalue weighted by atomic mass is 14.7. The maximum Gasteiger partial charge on any atom is 0.0991 e. The average Bonchev–Trinajstić information content (AvgIpc) is 2.76. The van der Waals surface area contributed by atoms with Gasteiger partial charge in [0.15, 0.2) is 0 Å². The highest BCUT2D eigenvalue weighted by Crippen LogP contribution is 2.39. The highest BCUT2D eigenvalue weighted by molar-refractivity contribution is 5.55. The van der Waals surface area contributed by atoms with E-state index in [1.54, 1.807) is 13.1 Å². The summed E-state index contributed by atoms with van der Waals surface area (Å²) >= 11 is 0. The molecule has 1 aromatic carbocycles. The van der Waals surface area contributed by atoms with E-state index in [1.807, 2.05) is 65.8 Å². The third kappa shape index (κ3) is 10.1. The number of anilines is 1. The summed E-state index contributed by atoms with van der Waals surface area (Å²) in [5.74, 6) is 2.12. The fourth-order valence-corrected chi connectivity index (χ4v) is 3.20. The van der Waals surface area contributed by atoms with Gasteiger partial charge in [-0.25, -0.2) is 0 Å². The molecule has 0 saturated carbocycles. The van der Waals surface area contributed by atoms with Gasteiger partial charge in [0, 0.05) is 17.3 Å². The zero-order valence-corrected chi connectivity index (χ0v) is 22.0. The van der Waals surface area contributed by atoms with E-state index >= 15 is 0 Å². The number of hydrogen-bond donors (Lipinski definition) is 2. The molecule has 4 heteroatoms. The van der Waals surface area contributed by atoms with Crippen LogP contribution < -0.4 is 11.5 Å². The predicted molar refractivity (Wildman–Crippen MR) is 145 cm³/mol. The van der Waals surface area contributed by atoms with Crippen LogP contribution in [-0.4, -0.2) is 4.98 Å². The number of rotatable bonds is 4. The quantitative estimate of drug-likeness (QED) is 0.384. The third-order valence-electron chi connectivity index (χ3n) is 4.34. The van der Waals surface area contributed by atoms with E-state index in [9.17, 15) is 0 Å². The standard InChI is InChI=1S/C21H24N4.C3H8.C3H4.C2H6/c1-12(2)20(14(4)23)21(19-9-17(24)11-25-15(19)5)18-7-6-16(10-22)8-13(18)3;2*1-3-2;1-2/h6-9,11,21H,4,23-24H2,1-3,5H3;3H2,1-2H3;1H,2H3;1-2H3. The summed E-state index contributed by atoms with van der Waals surface area (Å²) in [6, 6.07) is 9.82. The second kappa shape index (κ2) is 17.1. The Hall–Kier alpha value is -3.50. The van der Waals surface area contributed by atoms with Crippen molar-refractivity contribution in [2.75, 3.05) is 5.73 Å². The first kappa shape index (κ1) is 31.7. The maximum atomic E-state index is 9.15. The Morgan fingerprint density at radius 1 is 1.15 bits per heavy atom. The smallest absolute Gasteiger partial charge is 0.0991 e. The molecule has 1 heterocycles. The number of nitrogens with zero attached hydrogens (tertiary/aromatic N) is 2. The minimum absolute atomic E-state index is 0.133. The molecule has 0 amide bonds. The Kier molecular flexibility index (Phi) is 16.4. The molecule has 0 spiro atoms. The summed E-state index contributed by atoms with van der Waals surface area (Å²) in [6.07, 6.45) is 7.50. The van der Waals surface area contributed by atoms with Gasteiger partial charge in [-0.05, 0) is 75.1 Å². The first-order valence-corrected chi connectivity index (χ1v) is 11.3. The van der Waals surface area contributed by atoms with Gasteiger partial charge in [-0.15, -0.1) is 12.3 Å². The summed E-state index contributed by atoms with van der Waals surface area (Å²) < 4.78 is 0. The molecule has 0 radical (unpaired) electrons. The summed E-state index contributed by atoms with van der Waals surface area (Å²) in [5.41, 5.74) is 19.9. The Bertz CT molecular complexity index is 997. The number of nitriles is 1. The van der Waals surface area contributed by atoms with Crippen molar-refractivity contribution < 1.29 is 0 Å². The lowest BCUT2D eigenvalue weighted by atomic mass is 9.79. The van der Waals surface area contributed by atoms with E-state index in [2.05, 4.69) is 43.8 Å². The van der Waals surface area contributed by atoms with Crippen molar-refractivity contribution in [3.05, 3.63) is 81.8 Å². The van der Waals surface area contributed by atoms with Gasteiger partial charge in [0.2, 0.25) is 0 Å². The van der Waals surface area contributed by atoms with Crippen molar-refractivity contribution in [2.45, 2.75) is 74.7 Å². The van der Waals surface area contributed by atoms with Crippen LogP contribution >= 0.6 is 0 Å². The molecule has 0 aliphatic heterocycles. The van der Waals surface area contributed by atoms with Crippen LogP contribution in [0.4, 0.5) is 5.69 Å². The van der Waals surface area contributed by atoms with E-state index in [0.717, 1.165) is 33.5 Å². The van der Waals surface area contributed by atoms with Crippen molar-refractivity contribution >= 4 is 5.69 Å². The third-order valence-corrected chi connectivity index (χ3v) is 4.34. The van der Waals surface area contributed by atoms with Crippen molar-refractivity contribution in [2.24, 2.45) is 5.73 Å². The minimum Gasteiger partial charge on any atom is -0.399 e. The van der Waals surface area contributed by atoms with Crippen LogP contribution in [-0.2, 0) is 0 Å². The average molecular weight is 447 g/mol. The zero-order chi connectivity index (χ0) is 26.1. The number of terminal acetylenes is 1. The summed E-state index contributed by atoms with van der Waals surface area (Å²) in [4.78, 5) is 4.42. The van der Waals surface area contributed by atoms with E-state index in [4.69, 9.17) is 16.7 Å². The van der Waals surface area contributed by atoms with Gasteiger partial charge in [-0.2, -0.15) is 5.26 Å². The maximum absolute atomic E-state index is 9.15. The molecule has 1 unspecified atom stereocenters. The second-order valence-electron chi connectivity index (χ2n) is 7.49. The fraction of sp³-hybridized carbons (Fsp3) is 0.379. The molecule has 4 N–H and O–H groups in total. The van der Waals surface area contributed by atoms with E-state index in [1.165, 1.54) is 6.42 Å². The first-order chi connectivity index (χ1) is 15.6. The molecule has 1 aromatic heterocycles. The Morgan fingerprint density at radius 2 is 1.67 bits per heavy atom. The molecular weight excluding hydrogens is 404 g/mol. The number of aryl methyl sites for hydroxylation is 2. The first-order valence-electron chi connectivity index (χ1n) is 11.3. The van der Waals surface area contributed by atoms with Crippen LogP contribution in [0.25, 0.3) is 0 Å². The van der Waals surface area contributed by atoms with Gasteiger partial charge < -0.3 is 11.5 Å². The Labute approximate surface area is 202 Å². The van der Waals surface area contributed by atoms with Crippen LogP contribution in [0.5, 0.6) is 0 Å². The van der Waals surface area contributed by atoms with Crippen molar-refractivity contribution in [1.82, 2.24) is 4.98 Å². The van der Waals surface area contributed by atoms with Crippen LogP contribution in [0, 0.1) is 37.5 Å². The topological polar surface area (TPSA) is 88.7 Å². The van der Waals surface area contributed by atoms with Crippen LogP contribution in [0.15, 0.2) is 53.9 Å². The van der Waals surface area contributed by atoms with Gasteiger partial charge in [0.1, 0.15) is 0 Å². The van der Waals surface area contributed by atoms with Crippen LogP contribution in [0.2, 0.25) is 0 Å². The molecule has 4 nitrogen and oxygen atoms in total. The molecule has 178 valence electrons. The molecule has 2 aromatic rings. The molecule has 0 saturated heterocycles. The Balaban J connectivity index is 0. The number of hydrogen-bond acceptors (Lipinski definition) is 4.